The van der Waals surface area contributed by atoms with Gasteiger partial charge in [-0.1, -0.05) is 12.2 Å². The average Bonchev–Trinajstić information content (AvgIpc) is 2.75. The molecular weight excluding hydrogens is 434 g/mol. The SMILES string of the molecule is CC(=O)N1CCC2(C/C=C/C[C@H]3CN(S(=O)(=O)N(C)C)CC[C@H]3NC(=O)CNC2=O)CC1. The summed E-state index contributed by atoms with van der Waals surface area (Å²) < 4.78 is 27.9. The number of fused-ring (bicyclic) bond motifs is 1. The van der Waals surface area contributed by atoms with Gasteiger partial charge < -0.3 is 15.5 Å². The van der Waals surface area contributed by atoms with Crippen LogP contribution in [0.3, 0.4) is 0 Å². The lowest BCUT2D eigenvalue weighted by atomic mass is 9.74. The quantitative estimate of drug-likeness (QED) is 0.538. The molecule has 32 heavy (non-hydrogen) atoms. The molecule has 2 saturated heterocycles. The number of hydrogen-bond acceptors (Lipinski definition) is 5. The van der Waals surface area contributed by atoms with Crippen molar-refractivity contribution in [2.24, 2.45) is 11.3 Å². The number of nitrogens with one attached hydrogen (secondary N) is 2. The summed E-state index contributed by atoms with van der Waals surface area (Å²) in [5, 5.41) is 5.79. The third-order valence-electron chi connectivity index (χ3n) is 7.00. The van der Waals surface area contributed by atoms with E-state index in [-0.39, 0.29) is 36.2 Å². The van der Waals surface area contributed by atoms with Crippen molar-refractivity contribution >= 4 is 27.9 Å². The zero-order valence-corrected chi connectivity index (χ0v) is 20.0. The summed E-state index contributed by atoms with van der Waals surface area (Å²) in [6.45, 7) is 3.14. The van der Waals surface area contributed by atoms with Gasteiger partial charge in [0.25, 0.3) is 10.2 Å². The number of piperidine rings is 2. The van der Waals surface area contributed by atoms with Gasteiger partial charge in [0.05, 0.1) is 12.0 Å². The van der Waals surface area contributed by atoms with Gasteiger partial charge in [0.2, 0.25) is 17.7 Å². The maximum Gasteiger partial charge on any atom is 0.281 e. The van der Waals surface area contributed by atoms with E-state index in [1.54, 1.807) is 4.90 Å². The van der Waals surface area contributed by atoms with Gasteiger partial charge in [0, 0.05) is 53.2 Å². The fraction of sp³-hybridized carbons (Fsp3) is 0.762. The molecule has 0 saturated carbocycles. The van der Waals surface area contributed by atoms with E-state index in [0.717, 1.165) is 0 Å². The van der Waals surface area contributed by atoms with Crippen LogP contribution in [0.25, 0.3) is 0 Å². The Hall–Kier alpha value is -1.98. The molecule has 0 aromatic heterocycles. The molecule has 3 heterocycles. The van der Waals surface area contributed by atoms with E-state index in [1.165, 1.54) is 29.6 Å². The van der Waals surface area contributed by atoms with Crippen LogP contribution in [-0.4, -0.2) is 92.5 Å². The lowest BCUT2D eigenvalue weighted by Crippen LogP contribution is -2.56. The first kappa shape index (κ1) is 24.7. The minimum Gasteiger partial charge on any atom is -0.351 e. The van der Waals surface area contributed by atoms with Gasteiger partial charge in [-0.25, -0.2) is 0 Å². The van der Waals surface area contributed by atoms with Crippen LogP contribution in [-0.2, 0) is 24.6 Å². The van der Waals surface area contributed by atoms with E-state index >= 15 is 0 Å². The van der Waals surface area contributed by atoms with E-state index in [0.29, 0.717) is 58.3 Å². The van der Waals surface area contributed by atoms with Crippen LogP contribution in [0.15, 0.2) is 12.2 Å². The monoisotopic (exact) mass is 469 g/mol. The van der Waals surface area contributed by atoms with Gasteiger partial charge in [-0.05, 0) is 38.0 Å². The molecule has 3 aliphatic rings. The standard InChI is InChI=1S/C21H35N5O5S/c1-16(27)25-12-9-21(10-13-25)8-5-4-6-17-15-26(32(30,31)24(2)3)11-7-18(17)23-19(28)14-22-20(21)29/h4-5,17-18H,6-15H2,1-3H3,(H,22,29)(H,23,28)/b5-4+/t17-,18+/m0/s1. The molecule has 0 aromatic carbocycles. The number of amides is 3. The first-order valence-corrected chi connectivity index (χ1v) is 12.6. The normalized spacial score (nSPS) is 28.8. The predicted molar refractivity (Wildman–Crippen MR) is 120 cm³/mol. The van der Waals surface area contributed by atoms with Crippen molar-refractivity contribution in [1.29, 1.82) is 0 Å². The molecule has 180 valence electrons. The third kappa shape index (κ3) is 5.32. The number of carbonyl (C=O) groups is 3. The zero-order valence-electron chi connectivity index (χ0n) is 19.2. The van der Waals surface area contributed by atoms with Crippen molar-refractivity contribution < 1.29 is 22.8 Å². The number of hydrogen-bond donors (Lipinski definition) is 2. The minimum atomic E-state index is -3.52. The molecule has 3 rings (SSSR count). The lowest BCUT2D eigenvalue weighted by molar-refractivity contribution is -0.140. The molecule has 0 radical (unpaired) electrons. The fourth-order valence-corrected chi connectivity index (χ4v) is 6.01. The summed E-state index contributed by atoms with van der Waals surface area (Å²) in [6.07, 6.45) is 6.77. The fourth-order valence-electron chi connectivity index (χ4n) is 4.83. The van der Waals surface area contributed by atoms with Crippen molar-refractivity contribution in [2.45, 2.75) is 45.1 Å². The van der Waals surface area contributed by atoms with Crippen molar-refractivity contribution in [3.05, 3.63) is 12.2 Å². The maximum atomic E-state index is 13.0. The van der Waals surface area contributed by atoms with E-state index in [4.69, 9.17) is 0 Å². The van der Waals surface area contributed by atoms with Crippen LogP contribution in [0, 0.1) is 11.3 Å². The highest BCUT2D eigenvalue weighted by molar-refractivity contribution is 7.86. The molecule has 0 aliphatic carbocycles. The molecule has 2 N–H and O–H groups in total. The number of likely N-dealkylation sites (tertiary alicyclic amines) is 1. The van der Waals surface area contributed by atoms with E-state index in [2.05, 4.69) is 10.6 Å². The van der Waals surface area contributed by atoms with Crippen molar-refractivity contribution in [2.75, 3.05) is 46.8 Å². The second kappa shape index (κ2) is 9.88. The molecule has 2 atom stereocenters. The topological polar surface area (TPSA) is 119 Å². The molecular formula is C21H35N5O5S. The Kier molecular flexibility index (Phi) is 7.61. The van der Waals surface area contributed by atoms with Gasteiger partial charge in [0.1, 0.15) is 0 Å². The Morgan fingerprint density at radius 2 is 1.84 bits per heavy atom. The smallest absolute Gasteiger partial charge is 0.281 e. The summed E-state index contributed by atoms with van der Waals surface area (Å²) >= 11 is 0. The van der Waals surface area contributed by atoms with Gasteiger partial charge in [-0.3, -0.25) is 14.4 Å². The predicted octanol–water partition coefficient (Wildman–Crippen LogP) is -0.306. The molecule has 1 spiro atoms. The van der Waals surface area contributed by atoms with Crippen LogP contribution in [0.2, 0.25) is 0 Å². The van der Waals surface area contributed by atoms with E-state index < -0.39 is 15.6 Å². The summed E-state index contributed by atoms with van der Waals surface area (Å²) in [5.41, 5.74) is -0.645. The molecule has 2 fully saturated rings. The van der Waals surface area contributed by atoms with Gasteiger partial charge in [-0.15, -0.1) is 0 Å². The summed E-state index contributed by atoms with van der Waals surface area (Å²) in [4.78, 5) is 39.0. The Morgan fingerprint density at radius 1 is 1.16 bits per heavy atom. The molecule has 0 unspecified atom stereocenters. The second-order valence-corrected chi connectivity index (χ2v) is 11.4. The molecule has 3 amide bonds. The van der Waals surface area contributed by atoms with Crippen LogP contribution >= 0.6 is 0 Å². The van der Waals surface area contributed by atoms with E-state index in [9.17, 15) is 22.8 Å². The lowest BCUT2D eigenvalue weighted by Gasteiger charge is -2.41. The Morgan fingerprint density at radius 3 is 2.47 bits per heavy atom. The number of carbonyl (C=O) groups excluding carboxylic acids is 3. The molecule has 11 heteroatoms. The third-order valence-corrected chi connectivity index (χ3v) is 8.91. The molecule has 3 aliphatic heterocycles. The van der Waals surface area contributed by atoms with Crippen molar-refractivity contribution in [1.82, 2.24) is 24.1 Å². The van der Waals surface area contributed by atoms with Gasteiger partial charge in [0.15, 0.2) is 0 Å². The molecule has 10 nitrogen and oxygen atoms in total. The largest absolute Gasteiger partial charge is 0.351 e. The highest BCUT2D eigenvalue weighted by atomic mass is 32.2. The minimum absolute atomic E-state index is 0.00361. The summed E-state index contributed by atoms with van der Waals surface area (Å²) in [6, 6.07) is -0.148. The highest BCUT2D eigenvalue weighted by Gasteiger charge is 2.42. The summed E-state index contributed by atoms with van der Waals surface area (Å²) in [7, 11) is -0.481. The number of nitrogens with zero attached hydrogens (tertiary/aromatic N) is 3. The maximum absolute atomic E-state index is 13.0. The first-order chi connectivity index (χ1) is 15.0. The molecule has 0 bridgehead atoms. The van der Waals surface area contributed by atoms with Gasteiger partial charge in [-0.2, -0.15) is 17.0 Å². The second-order valence-electron chi connectivity index (χ2n) is 9.25. The van der Waals surface area contributed by atoms with Crippen molar-refractivity contribution in [3.63, 3.8) is 0 Å². The summed E-state index contributed by atoms with van der Waals surface area (Å²) in [5.74, 6) is -0.462. The highest BCUT2D eigenvalue weighted by Crippen LogP contribution is 2.36. The van der Waals surface area contributed by atoms with Crippen LogP contribution in [0.4, 0.5) is 0 Å². The van der Waals surface area contributed by atoms with Gasteiger partial charge >= 0.3 is 0 Å². The Labute approximate surface area is 190 Å². The zero-order chi connectivity index (χ0) is 23.5. The van der Waals surface area contributed by atoms with Crippen LogP contribution in [0.1, 0.15) is 39.0 Å². The Balaban J connectivity index is 1.76. The van der Waals surface area contributed by atoms with E-state index in [1.807, 2.05) is 12.2 Å². The number of rotatable bonds is 2. The molecule has 0 aromatic rings. The average molecular weight is 470 g/mol. The van der Waals surface area contributed by atoms with Crippen molar-refractivity contribution in [3.8, 4) is 0 Å². The Bertz CT molecular complexity index is 864. The number of allylic oxidation sites excluding steroid dienone is 2. The first-order valence-electron chi connectivity index (χ1n) is 11.2. The van der Waals surface area contributed by atoms with Crippen LogP contribution in [0.5, 0.6) is 0 Å². The van der Waals surface area contributed by atoms with Crippen LogP contribution < -0.4 is 10.6 Å².